The van der Waals surface area contributed by atoms with Crippen molar-refractivity contribution >= 4 is 5.82 Å². The van der Waals surface area contributed by atoms with E-state index in [1.54, 1.807) is 12.3 Å². The lowest BCUT2D eigenvalue weighted by Crippen LogP contribution is -2.46. The Labute approximate surface area is 95.7 Å². The number of nitriles is 1. The van der Waals surface area contributed by atoms with Gasteiger partial charge in [-0.15, -0.1) is 0 Å². The van der Waals surface area contributed by atoms with Crippen LogP contribution in [0.15, 0.2) is 18.3 Å². The Morgan fingerprint density at radius 2 is 2.38 bits per heavy atom. The minimum atomic E-state index is 0.205. The van der Waals surface area contributed by atoms with Crippen molar-refractivity contribution in [2.75, 3.05) is 18.0 Å². The Bertz CT molecular complexity index is 400. The van der Waals surface area contributed by atoms with Crippen LogP contribution in [0.1, 0.15) is 18.9 Å². The third-order valence-electron chi connectivity index (χ3n) is 2.89. The summed E-state index contributed by atoms with van der Waals surface area (Å²) in [6.07, 6.45) is 2.74. The van der Waals surface area contributed by atoms with E-state index in [9.17, 15) is 0 Å². The molecule has 0 bridgehead atoms. The molecule has 2 atom stereocenters. The molecule has 1 aromatic heterocycles. The van der Waals surface area contributed by atoms with E-state index in [1.165, 1.54) is 0 Å². The van der Waals surface area contributed by atoms with Gasteiger partial charge in [-0.05, 0) is 24.5 Å². The fourth-order valence-electron chi connectivity index (χ4n) is 2.25. The van der Waals surface area contributed by atoms with Crippen LogP contribution >= 0.6 is 0 Å². The molecule has 1 aromatic rings. The average molecular weight is 216 g/mol. The standard InChI is InChI=1S/C12H16N4/c1-9-4-11(14)8-16(7-9)12-5-10(6-13)2-3-15-12/h2-3,5,9,11H,4,7-8,14H2,1H3. The predicted molar refractivity (Wildman–Crippen MR) is 62.9 cm³/mol. The summed E-state index contributed by atoms with van der Waals surface area (Å²) in [5, 5.41) is 8.84. The Morgan fingerprint density at radius 3 is 3.06 bits per heavy atom. The molecule has 4 heteroatoms. The van der Waals surface area contributed by atoms with Gasteiger partial charge in [-0.3, -0.25) is 0 Å². The van der Waals surface area contributed by atoms with E-state index >= 15 is 0 Å². The number of nitrogens with zero attached hydrogens (tertiary/aromatic N) is 3. The first-order chi connectivity index (χ1) is 7.69. The van der Waals surface area contributed by atoms with Gasteiger partial charge in [0, 0.05) is 25.3 Å². The topological polar surface area (TPSA) is 65.9 Å². The third-order valence-corrected chi connectivity index (χ3v) is 2.89. The minimum absolute atomic E-state index is 0.205. The van der Waals surface area contributed by atoms with Crippen molar-refractivity contribution in [3.63, 3.8) is 0 Å². The minimum Gasteiger partial charge on any atom is -0.355 e. The van der Waals surface area contributed by atoms with E-state index < -0.39 is 0 Å². The number of anilines is 1. The van der Waals surface area contributed by atoms with Crippen molar-refractivity contribution < 1.29 is 0 Å². The Balaban J connectivity index is 2.20. The summed E-state index contributed by atoms with van der Waals surface area (Å²) in [5.74, 6) is 1.44. The van der Waals surface area contributed by atoms with E-state index in [0.29, 0.717) is 11.5 Å². The lowest BCUT2D eigenvalue weighted by molar-refractivity contribution is 0.400. The molecule has 4 nitrogen and oxygen atoms in total. The molecule has 0 radical (unpaired) electrons. The summed E-state index contributed by atoms with van der Waals surface area (Å²) >= 11 is 0. The fourth-order valence-corrected chi connectivity index (χ4v) is 2.25. The first-order valence-corrected chi connectivity index (χ1v) is 5.55. The zero-order valence-corrected chi connectivity index (χ0v) is 9.43. The number of piperidine rings is 1. The SMILES string of the molecule is CC1CC(N)CN(c2cc(C#N)ccn2)C1. The van der Waals surface area contributed by atoms with E-state index in [4.69, 9.17) is 11.0 Å². The van der Waals surface area contributed by atoms with Crippen molar-refractivity contribution in [1.29, 1.82) is 5.26 Å². The average Bonchev–Trinajstić information content (AvgIpc) is 2.28. The highest BCUT2D eigenvalue weighted by Crippen LogP contribution is 2.21. The van der Waals surface area contributed by atoms with Gasteiger partial charge in [0.2, 0.25) is 0 Å². The Hall–Kier alpha value is -1.60. The second-order valence-corrected chi connectivity index (χ2v) is 4.52. The predicted octanol–water partition coefficient (Wildman–Crippen LogP) is 1.13. The van der Waals surface area contributed by atoms with Crippen molar-refractivity contribution in [2.45, 2.75) is 19.4 Å². The van der Waals surface area contributed by atoms with Crippen molar-refractivity contribution in [3.05, 3.63) is 23.9 Å². The van der Waals surface area contributed by atoms with Crippen LogP contribution in [0.2, 0.25) is 0 Å². The van der Waals surface area contributed by atoms with E-state index in [-0.39, 0.29) is 6.04 Å². The lowest BCUT2D eigenvalue weighted by atomic mass is 9.96. The van der Waals surface area contributed by atoms with Crippen LogP contribution in [0, 0.1) is 17.2 Å². The molecule has 1 aliphatic heterocycles. The molecule has 2 N–H and O–H groups in total. The normalized spacial score (nSPS) is 25.2. The molecule has 0 amide bonds. The molecular formula is C12H16N4. The molecule has 0 saturated carbocycles. The molecule has 2 rings (SSSR count). The van der Waals surface area contributed by atoms with E-state index in [2.05, 4.69) is 22.9 Å². The molecular weight excluding hydrogens is 200 g/mol. The lowest BCUT2D eigenvalue weighted by Gasteiger charge is -2.35. The van der Waals surface area contributed by atoms with Gasteiger partial charge in [-0.25, -0.2) is 4.98 Å². The van der Waals surface area contributed by atoms with Gasteiger partial charge < -0.3 is 10.6 Å². The molecule has 2 unspecified atom stereocenters. The molecule has 0 aromatic carbocycles. The molecule has 84 valence electrons. The van der Waals surface area contributed by atoms with Gasteiger partial charge in [0.25, 0.3) is 0 Å². The van der Waals surface area contributed by atoms with E-state index in [0.717, 1.165) is 25.3 Å². The largest absolute Gasteiger partial charge is 0.355 e. The molecule has 1 saturated heterocycles. The number of rotatable bonds is 1. The highest BCUT2D eigenvalue weighted by atomic mass is 15.2. The fraction of sp³-hybridized carbons (Fsp3) is 0.500. The first-order valence-electron chi connectivity index (χ1n) is 5.55. The first kappa shape index (κ1) is 10.9. The van der Waals surface area contributed by atoms with Crippen molar-refractivity contribution in [1.82, 2.24) is 4.98 Å². The maximum absolute atomic E-state index is 8.84. The molecule has 0 aliphatic carbocycles. The molecule has 16 heavy (non-hydrogen) atoms. The summed E-state index contributed by atoms with van der Waals surface area (Å²) in [6, 6.07) is 5.88. The van der Waals surface area contributed by atoms with E-state index in [1.807, 2.05) is 6.07 Å². The highest BCUT2D eigenvalue weighted by Gasteiger charge is 2.22. The van der Waals surface area contributed by atoms with Crippen LogP contribution in [0.25, 0.3) is 0 Å². The van der Waals surface area contributed by atoms with Crippen LogP contribution < -0.4 is 10.6 Å². The monoisotopic (exact) mass is 216 g/mol. The van der Waals surface area contributed by atoms with Gasteiger partial charge in [0.1, 0.15) is 5.82 Å². The van der Waals surface area contributed by atoms with Gasteiger partial charge in [0.05, 0.1) is 11.6 Å². The summed E-state index contributed by atoms with van der Waals surface area (Å²) in [4.78, 5) is 6.47. The molecule has 1 fully saturated rings. The van der Waals surface area contributed by atoms with Crippen LogP contribution in [-0.4, -0.2) is 24.1 Å². The zero-order chi connectivity index (χ0) is 11.5. The molecule has 2 heterocycles. The summed E-state index contributed by atoms with van der Waals surface area (Å²) in [7, 11) is 0. The third kappa shape index (κ3) is 2.31. The quantitative estimate of drug-likeness (QED) is 0.764. The van der Waals surface area contributed by atoms with Gasteiger partial charge in [0.15, 0.2) is 0 Å². The number of pyridine rings is 1. The van der Waals surface area contributed by atoms with Crippen molar-refractivity contribution in [3.8, 4) is 6.07 Å². The molecule has 1 aliphatic rings. The number of nitrogens with two attached hydrogens (primary N) is 1. The van der Waals surface area contributed by atoms with Crippen LogP contribution in [-0.2, 0) is 0 Å². The highest BCUT2D eigenvalue weighted by molar-refractivity contribution is 5.45. The van der Waals surface area contributed by atoms with Gasteiger partial charge in [-0.2, -0.15) is 5.26 Å². The summed E-state index contributed by atoms with van der Waals surface area (Å²) in [5.41, 5.74) is 6.64. The van der Waals surface area contributed by atoms with Crippen LogP contribution in [0.5, 0.6) is 0 Å². The van der Waals surface area contributed by atoms with Gasteiger partial charge >= 0.3 is 0 Å². The maximum atomic E-state index is 8.84. The smallest absolute Gasteiger partial charge is 0.129 e. The van der Waals surface area contributed by atoms with Crippen LogP contribution in [0.4, 0.5) is 5.82 Å². The Morgan fingerprint density at radius 1 is 1.56 bits per heavy atom. The van der Waals surface area contributed by atoms with Gasteiger partial charge in [-0.1, -0.05) is 6.92 Å². The van der Waals surface area contributed by atoms with Crippen molar-refractivity contribution in [2.24, 2.45) is 11.7 Å². The second kappa shape index (κ2) is 4.50. The zero-order valence-electron chi connectivity index (χ0n) is 9.43. The number of aromatic nitrogens is 1. The Kier molecular flexibility index (Phi) is 3.07. The summed E-state index contributed by atoms with van der Waals surface area (Å²) in [6.45, 7) is 3.99. The second-order valence-electron chi connectivity index (χ2n) is 4.52. The van der Waals surface area contributed by atoms with Crippen LogP contribution in [0.3, 0.4) is 0 Å². The maximum Gasteiger partial charge on any atom is 0.129 e. The number of hydrogen-bond donors (Lipinski definition) is 1. The summed E-state index contributed by atoms with van der Waals surface area (Å²) < 4.78 is 0. The number of hydrogen-bond acceptors (Lipinski definition) is 4. The molecule has 0 spiro atoms.